The fraction of sp³-hybridized carbons (Fsp3) is 0.810. The highest BCUT2D eigenvalue weighted by molar-refractivity contribution is 5.87. The van der Waals surface area contributed by atoms with Crippen LogP contribution in [0.15, 0.2) is 59.8 Å². The van der Waals surface area contributed by atoms with Gasteiger partial charge in [0.05, 0.1) is 86.0 Å². The number of hydrogen-bond acceptors (Lipinski definition) is 23. The molecule has 2 aliphatic rings. The zero-order chi connectivity index (χ0) is 66.0. The Kier molecular flexibility index (Phi) is 37.3. The lowest BCUT2D eigenvalue weighted by Crippen LogP contribution is -2.60. The van der Waals surface area contributed by atoms with Crippen molar-refractivity contribution in [2.45, 2.75) is 262 Å². The lowest BCUT2D eigenvalue weighted by molar-refractivity contribution is -0.313. The summed E-state index contributed by atoms with van der Waals surface area (Å²) in [5, 5.41) is 189. The first kappa shape index (κ1) is 79.9. The maximum absolute atomic E-state index is 13.5. The molecule has 0 radical (unpaired) electrons. The third kappa shape index (κ3) is 27.7. The normalized spacial score (nSPS) is 42.6. The van der Waals surface area contributed by atoms with E-state index in [0.29, 0.717) is 25.7 Å². The Morgan fingerprint density at radius 2 is 1.26 bits per heavy atom. The summed E-state index contributed by atoms with van der Waals surface area (Å²) >= 11 is 0. The molecule has 22 unspecified atom stereocenters. The molecule has 0 bridgehead atoms. The predicted octanol–water partition coefficient (Wildman–Crippen LogP) is -0.441. The van der Waals surface area contributed by atoms with Crippen LogP contribution in [0.3, 0.4) is 0 Å². The predicted molar refractivity (Wildman–Crippen MR) is 323 cm³/mol. The van der Waals surface area contributed by atoms with Crippen molar-refractivity contribution in [2.24, 2.45) is 47.2 Å². The number of nitrogens with one attached hydrogen (secondary N) is 1. The second kappa shape index (κ2) is 40.6. The minimum atomic E-state index is -1.89. The number of allylic oxidation sites excluding steroid dienone is 2. The third-order valence-electron chi connectivity index (χ3n) is 17.5. The van der Waals surface area contributed by atoms with E-state index in [0.717, 1.165) is 0 Å². The van der Waals surface area contributed by atoms with E-state index in [1.807, 2.05) is 13.0 Å². The molecule has 24 heteroatoms. The number of hydrogen-bond donors (Lipinski definition) is 19. The average molecular weight is 1250 g/mol. The van der Waals surface area contributed by atoms with Gasteiger partial charge in [-0.15, -0.1) is 0 Å². The van der Waals surface area contributed by atoms with Crippen LogP contribution >= 0.6 is 0 Å². The largest absolute Gasteiger partial charge is 0.458 e. The lowest BCUT2D eigenvalue weighted by Gasteiger charge is -2.41. The second-order valence-electron chi connectivity index (χ2n) is 24.9. The van der Waals surface area contributed by atoms with E-state index in [9.17, 15) is 96.4 Å². The summed E-state index contributed by atoms with van der Waals surface area (Å²) in [5.74, 6) is -5.50. The van der Waals surface area contributed by atoms with Crippen LogP contribution < -0.4 is 11.1 Å². The molecule has 0 aromatic carbocycles. The van der Waals surface area contributed by atoms with Crippen molar-refractivity contribution in [1.82, 2.24) is 5.32 Å². The zero-order valence-corrected chi connectivity index (χ0v) is 52.5. The number of nitrogens with two attached hydrogens (primary N) is 1. The van der Waals surface area contributed by atoms with E-state index < -0.39 is 183 Å². The minimum Gasteiger partial charge on any atom is -0.458 e. The average Bonchev–Trinajstić information content (AvgIpc) is 2.43. The molecular weight excluding hydrogens is 1140 g/mol. The molecule has 87 heavy (non-hydrogen) atoms. The topological polar surface area (TPSA) is 444 Å². The molecule has 0 spiro atoms. The van der Waals surface area contributed by atoms with Gasteiger partial charge in [0.2, 0.25) is 5.91 Å². The zero-order valence-electron chi connectivity index (χ0n) is 52.5. The van der Waals surface area contributed by atoms with Crippen LogP contribution in [0.5, 0.6) is 0 Å². The standard InChI is InChI=1S/C63H112N2O22/c1-33-14-10-11-18-47(72)39(7)57(79)34(2)15-12-16-36(4)62(84)85-52(38(6)48(73)22-23-55(77)65-25-24-64)19-13-17-42(67)27-43(68)29-49(74)40(8)58(80)41(9)50(75)30-44(69)28-45(70)31-51(76)53(26-37(5)56(78)35(3)20-21-46(33)71)86-63-61(83)60(82)59(81)54(32-66)87-63/h10,13-14,16-17,20-21,26,33-35,38-54,56-61,63,66-76,78-83H,11-12,15,18-19,22-25,27-32,64H2,1-9H3,(H,65,77)/b14-10+,17-13+,21-20+,36-16+,37-26+/t33?,34?,35?,38?,39?,40?,41?,42?,43?,44?,45?,46?,47?,48?,49?,50?,51?,52?,53?,54-,56?,57?,58?,59-,60+,61+,63+/m1/s1. The molecule has 2 aliphatic heterocycles. The highest BCUT2D eigenvalue weighted by atomic mass is 16.7. The Morgan fingerprint density at radius 3 is 1.86 bits per heavy atom. The molecule has 0 aliphatic carbocycles. The van der Waals surface area contributed by atoms with Crippen molar-refractivity contribution >= 4 is 11.9 Å². The van der Waals surface area contributed by atoms with Crippen molar-refractivity contribution in [3.63, 3.8) is 0 Å². The van der Waals surface area contributed by atoms with Crippen LogP contribution in [0.2, 0.25) is 0 Å². The van der Waals surface area contributed by atoms with Gasteiger partial charge in [-0.3, -0.25) is 4.79 Å². The Morgan fingerprint density at radius 1 is 0.678 bits per heavy atom. The highest BCUT2D eigenvalue weighted by Gasteiger charge is 2.46. The van der Waals surface area contributed by atoms with Crippen molar-refractivity contribution in [3.8, 4) is 0 Å². The van der Waals surface area contributed by atoms with Gasteiger partial charge in [-0.2, -0.15) is 0 Å². The molecule has 1 amide bonds. The van der Waals surface area contributed by atoms with Crippen molar-refractivity contribution in [2.75, 3.05) is 19.7 Å². The van der Waals surface area contributed by atoms with Gasteiger partial charge in [0.15, 0.2) is 6.29 Å². The first-order valence-corrected chi connectivity index (χ1v) is 31.1. The molecule has 506 valence electrons. The number of aliphatic hydroxyl groups excluding tert-OH is 17. The monoisotopic (exact) mass is 1250 g/mol. The molecule has 0 aromatic rings. The van der Waals surface area contributed by atoms with Crippen LogP contribution in [0.25, 0.3) is 0 Å². The molecule has 1 saturated heterocycles. The first-order valence-electron chi connectivity index (χ1n) is 31.1. The summed E-state index contributed by atoms with van der Waals surface area (Å²) in [7, 11) is 0. The van der Waals surface area contributed by atoms with E-state index >= 15 is 0 Å². The number of amides is 1. The van der Waals surface area contributed by atoms with Gasteiger partial charge in [-0.05, 0) is 76.7 Å². The highest BCUT2D eigenvalue weighted by Crippen LogP contribution is 2.30. The third-order valence-corrected chi connectivity index (χ3v) is 17.5. The van der Waals surface area contributed by atoms with Crippen molar-refractivity contribution < 1.29 is 111 Å². The van der Waals surface area contributed by atoms with Gasteiger partial charge >= 0.3 is 5.97 Å². The summed E-state index contributed by atoms with van der Waals surface area (Å²) < 4.78 is 17.4. The van der Waals surface area contributed by atoms with E-state index in [1.54, 1.807) is 52.8 Å². The van der Waals surface area contributed by atoms with E-state index in [1.165, 1.54) is 45.1 Å². The number of esters is 1. The smallest absolute Gasteiger partial charge is 0.333 e. The molecular formula is C63H112N2O22. The van der Waals surface area contributed by atoms with E-state index in [2.05, 4.69) is 5.32 Å². The Labute approximate surface area is 514 Å². The lowest BCUT2D eigenvalue weighted by atomic mass is 9.82. The fourth-order valence-corrected chi connectivity index (χ4v) is 10.8. The molecule has 1 fully saturated rings. The van der Waals surface area contributed by atoms with Gasteiger partial charge in [0.25, 0.3) is 0 Å². The molecule has 24 nitrogen and oxygen atoms in total. The van der Waals surface area contributed by atoms with Gasteiger partial charge in [0.1, 0.15) is 36.6 Å². The maximum Gasteiger partial charge on any atom is 0.333 e. The Hall–Kier alpha value is -3.16. The van der Waals surface area contributed by atoms with Crippen LogP contribution in [0, 0.1) is 41.4 Å². The van der Waals surface area contributed by atoms with E-state index in [-0.39, 0.29) is 74.6 Å². The number of carbonyl (C=O) groups is 2. The van der Waals surface area contributed by atoms with Crippen LogP contribution in [-0.2, 0) is 23.8 Å². The summed E-state index contributed by atoms with van der Waals surface area (Å²) in [6.07, 6.45) is -15.2. The summed E-state index contributed by atoms with van der Waals surface area (Å²) in [6, 6.07) is 0. The summed E-state index contributed by atoms with van der Waals surface area (Å²) in [6.45, 7) is 14.4. The Bertz CT molecular complexity index is 2100. The summed E-state index contributed by atoms with van der Waals surface area (Å²) in [4.78, 5) is 25.9. The summed E-state index contributed by atoms with van der Waals surface area (Å²) in [5.41, 5.74) is 5.97. The van der Waals surface area contributed by atoms with Crippen LogP contribution in [0.1, 0.15) is 139 Å². The molecule has 2 heterocycles. The Balaban J connectivity index is 2.46. The maximum atomic E-state index is 13.5. The quantitative estimate of drug-likeness (QED) is 0.0974. The number of rotatable bonds is 10. The number of aliphatic hydroxyl groups is 17. The van der Waals surface area contributed by atoms with Crippen LogP contribution in [-0.4, -0.2) is 241 Å². The molecule has 20 N–H and O–H groups in total. The molecule has 27 atom stereocenters. The number of ether oxygens (including phenoxy) is 3. The van der Waals surface area contributed by atoms with Crippen molar-refractivity contribution in [3.05, 3.63) is 59.8 Å². The number of carbonyl (C=O) groups excluding carboxylic acids is 2. The molecule has 0 saturated carbocycles. The van der Waals surface area contributed by atoms with Gasteiger partial charge in [-0.1, -0.05) is 97.1 Å². The number of cyclic esters (lactones) is 1. The fourth-order valence-electron chi connectivity index (χ4n) is 10.8. The SMILES string of the molecule is C/C1=C\CCC(C)C(O)C(C)C(O)CC/C=C/C(C)C(O)/C=C/C(C)C(O)/C(C)=C/C(O[C@H]2O[C@H](CO)[C@@H](O)[C@H](O)[C@@H]2O)C(O)CC(O)CC(O)CC(O)C(C)C(O)C(C)C(O)CC(O)CC(O)/C=C/CC(C(C)C(O)CCC(=O)NCCN)OC1=O. The molecule has 0 aromatic heterocycles. The van der Waals surface area contributed by atoms with Crippen molar-refractivity contribution in [1.29, 1.82) is 0 Å². The van der Waals surface area contributed by atoms with Crippen LogP contribution in [0.4, 0.5) is 0 Å². The van der Waals surface area contributed by atoms with Gasteiger partial charge in [0, 0.05) is 79.9 Å². The first-order chi connectivity index (χ1) is 40.8. The second-order valence-corrected chi connectivity index (χ2v) is 24.9. The minimum absolute atomic E-state index is 0.00931. The van der Waals surface area contributed by atoms with Gasteiger partial charge < -0.3 is 112 Å². The van der Waals surface area contributed by atoms with Gasteiger partial charge in [-0.25, -0.2) is 4.79 Å². The molecule has 2 rings (SSSR count). The van der Waals surface area contributed by atoms with E-state index in [4.69, 9.17) is 19.9 Å².